The van der Waals surface area contributed by atoms with Crippen LogP contribution in [0.3, 0.4) is 0 Å². The number of anilines is 1. The molecule has 0 saturated carbocycles. The fraction of sp³-hybridized carbons (Fsp3) is 0.583. The molecule has 7 heteroatoms. The smallest absolute Gasteiger partial charge is 0.213 e. The predicted molar refractivity (Wildman–Crippen MR) is 79.6 cm³/mol. The van der Waals surface area contributed by atoms with Crippen LogP contribution < -0.4 is 5.32 Å². The maximum Gasteiger partial charge on any atom is 0.213 e. The number of hydrogen-bond acceptors (Lipinski definition) is 4. The Morgan fingerprint density at radius 1 is 1.42 bits per heavy atom. The number of nitrogens with one attached hydrogen (secondary N) is 1. The third kappa shape index (κ3) is 3.90. The van der Waals surface area contributed by atoms with Crippen molar-refractivity contribution >= 4 is 31.8 Å². The molecule has 1 aliphatic heterocycles. The molecule has 106 valence electrons. The van der Waals surface area contributed by atoms with Crippen molar-refractivity contribution in [3.63, 3.8) is 0 Å². The van der Waals surface area contributed by atoms with E-state index in [1.54, 1.807) is 17.4 Å². The fourth-order valence-corrected chi connectivity index (χ4v) is 3.50. The van der Waals surface area contributed by atoms with Crippen molar-refractivity contribution < 1.29 is 8.42 Å². The summed E-state index contributed by atoms with van der Waals surface area (Å²) in [6.45, 7) is 2.86. The average Bonchev–Trinajstić information content (AvgIpc) is 2.42. The van der Waals surface area contributed by atoms with E-state index in [9.17, 15) is 8.42 Å². The molecule has 0 aromatic carbocycles. The second-order valence-electron chi connectivity index (χ2n) is 4.58. The summed E-state index contributed by atoms with van der Waals surface area (Å²) in [5, 5.41) is 3.34. The van der Waals surface area contributed by atoms with Crippen LogP contribution in [0.15, 0.2) is 22.8 Å². The van der Waals surface area contributed by atoms with Crippen molar-refractivity contribution in [3.05, 3.63) is 22.8 Å². The Morgan fingerprint density at radius 2 is 2.11 bits per heavy atom. The zero-order chi connectivity index (χ0) is 13.9. The monoisotopic (exact) mass is 347 g/mol. The lowest BCUT2D eigenvalue weighted by Crippen LogP contribution is -2.43. The standard InChI is InChI=1S/C12H18BrN3O2S/c1-2-19(17,18)16-7-5-11(6-8-16)15-12-4-3-10(13)9-14-12/h3-4,9,11H,2,5-8H2,1H3,(H,14,15). The van der Waals surface area contributed by atoms with Crippen LogP contribution in [0.5, 0.6) is 0 Å². The first-order chi connectivity index (χ1) is 9.01. The quantitative estimate of drug-likeness (QED) is 0.905. The molecule has 5 nitrogen and oxygen atoms in total. The first-order valence-electron chi connectivity index (χ1n) is 6.37. The summed E-state index contributed by atoms with van der Waals surface area (Å²) in [4.78, 5) is 4.27. The molecule has 1 fully saturated rings. The molecule has 1 aromatic rings. The Morgan fingerprint density at radius 3 is 2.63 bits per heavy atom. The fourth-order valence-electron chi connectivity index (χ4n) is 2.13. The number of rotatable bonds is 4. The molecule has 19 heavy (non-hydrogen) atoms. The lowest BCUT2D eigenvalue weighted by Gasteiger charge is -2.31. The molecule has 0 aliphatic carbocycles. The summed E-state index contributed by atoms with van der Waals surface area (Å²) < 4.78 is 26.0. The maximum atomic E-state index is 11.7. The van der Waals surface area contributed by atoms with Gasteiger partial charge in [0.25, 0.3) is 0 Å². The topological polar surface area (TPSA) is 62.3 Å². The van der Waals surface area contributed by atoms with Crippen LogP contribution in [0, 0.1) is 0 Å². The van der Waals surface area contributed by atoms with Crippen molar-refractivity contribution in [1.82, 2.24) is 9.29 Å². The highest BCUT2D eigenvalue weighted by Gasteiger charge is 2.26. The molecule has 0 bridgehead atoms. The molecular weight excluding hydrogens is 330 g/mol. The van der Waals surface area contributed by atoms with E-state index in [0.29, 0.717) is 13.1 Å². The van der Waals surface area contributed by atoms with Crippen LogP contribution in [-0.4, -0.2) is 42.6 Å². The van der Waals surface area contributed by atoms with E-state index in [1.807, 2.05) is 12.1 Å². The van der Waals surface area contributed by atoms with Gasteiger partial charge in [-0.15, -0.1) is 0 Å². The van der Waals surface area contributed by atoms with Gasteiger partial charge in [-0.3, -0.25) is 0 Å². The average molecular weight is 348 g/mol. The number of sulfonamides is 1. The largest absolute Gasteiger partial charge is 0.367 e. The van der Waals surface area contributed by atoms with Gasteiger partial charge >= 0.3 is 0 Å². The molecule has 2 heterocycles. The van der Waals surface area contributed by atoms with Gasteiger partial charge in [-0.25, -0.2) is 17.7 Å². The van der Waals surface area contributed by atoms with Gasteiger partial charge < -0.3 is 5.32 Å². The highest BCUT2D eigenvalue weighted by atomic mass is 79.9. The normalized spacial score (nSPS) is 18.4. The van der Waals surface area contributed by atoms with Crippen LogP contribution in [0.1, 0.15) is 19.8 Å². The second kappa shape index (κ2) is 6.19. The molecular formula is C12H18BrN3O2S. The van der Waals surface area contributed by atoms with Crippen molar-refractivity contribution in [3.8, 4) is 0 Å². The Labute approximate surface area is 122 Å². The lowest BCUT2D eigenvalue weighted by molar-refractivity contribution is 0.330. The number of pyridine rings is 1. The molecule has 1 N–H and O–H groups in total. The molecule has 0 spiro atoms. The van der Waals surface area contributed by atoms with Crippen LogP contribution in [0.4, 0.5) is 5.82 Å². The first-order valence-corrected chi connectivity index (χ1v) is 8.77. The van der Waals surface area contributed by atoms with Crippen molar-refractivity contribution in [2.24, 2.45) is 0 Å². The van der Waals surface area contributed by atoms with Crippen LogP contribution in [0.25, 0.3) is 0 Å². The summed E-state index contributed by atoms with van der Waals surface area (Å²) in [7, 11) is -3.04. The van der Waals surface area contributed by atoms with Crippen molar-refractivity contribution in [2.75, 3.05) is 24.2 Å². The molecule has 2 rings (SSSR count). The maximum absolute atomic E-state index is 11.7. The van der Waals surface area contributed by atoms with E-state index in [0.717, 1.165) is 23.1 Å². The van der Waals surface area contributed by atoms with E-state index in [-0.39, 0.29) is 11.8 Å². The van der Waals surface area contributed by atoms with E-state index in [1.165, 1.54) is 0 Å². The van der Waals surface area contributed by atoms with Gasteiger partial charge in [-0.1, -0.05) is 0 Å². The summed E-state index contributed by atoms with van der Waals surface area (Å²) in [5.41, 5.74) is 0. The third-order valence-corrected chi connectivity index (χ3v) is 5.64. The molecule has 0 unspecified atom stereocenters. The first kappa shape index (κ1) is 14.7. The van der Waals surface area contributed by atoms with Crippen LogP contribution >= 0.6 is 15.9 Å². The van der Waals surface area contributed by atoms with Gasteiger partial charge in [-0.05, 0) is 47.8 Å². The summed E-state index contributed by atoms with van der Waals surface area (Å²) >= 11 is 3.34. The summed E-state index contributed by atoms with van der Waals surface area (Å²) in [5.74, 6) is 1.01. The summed E-state index contributed by atoms with van der Waals surface area (Å²) in [6, 6.07) is 4.14. The van der Waals surface area contributed by atoms with E-state index in [2.05, 4.69) is 26.2 Å². The third-order valence-electron chi connectivity index (χ3n) is 3.29. The van der Waals surface area contributed by atoms with Crippen molar-refractivity contribution in [2.45, 2.75) is 25.8 Å². The molecule has 1 aliphatic rings. The van der Waals surface area contributed by atoms with Crippen LogP contribution in [0.2, 0.25) is 0 Å². The number of nitrogens with zero attached hydrogens (tertiary/aromatic N) is 2. The molecule has 1 saturated heterocycles. The van der Waals surface area contributed by atoms with Gasteiger partial charge in [0.15, 0.2) is 0 Å². The van der Waals surface area contributed by atoms with E-state index >= 15 is 0 Å². The minimum absolute atomic E-state index is 0.180. The van der Waals surface area contributed by atoms with Gasteiger partial charge in [0, 0.05) is 29.8 Å². The minimum atomic E-state index is -3.04. The Kier molecular flexibility index (Phi) is 4.81. The summed E-state index contributed by atoms with van der Waals surface area (Å²) in [6.07, 6.45) is 3.38. The van der Waals surface area contributed by atoms with Crippen molar-refractivity contribution in [1.29, 1.82) is 0 Å². The second-order valence-corrected chi connectivity index (χ2v) is 7.75. The molecule has 0 amide bonds. The van der Waals surface area contributed by atoms with Gasteiger partial charge in [0.2, 0.25) is 10.0 Å². The van der Waals surface area contributed by atoms with Gasteiger partial charge in [0.1, 0.15) is 5.82 Å². The van der Waals surface area contributed by atoms with E-state index < -0.39 is 10.0 Å². The zero-order valence-electron chi connectivity index (χ0n) is 10.8. The Hall–Kier alpha value is -0.660. The predicted octanol–water partition coefficient (Wildman–Crippen LogP) is 2.07. The molecule has 0 radical (unpaired) electrons. The van der Waals surface area contributed by atoms with Crippen LogP contribution in [-0.2, 0) is 10.0 Å². The Balaban J connectivity index is 1.89. The number of halogens is 1. The molecule has 1 aromatic heterocycles. The van der Waals surface area contributed by atoms with E-state index in [4.69, 9.17) is 0 Å². The number of hydrogen-bond donors (Lipinski definition) is 1. The molecule has 0 atom stereocenters. The SMILES string of the molecule is CCS(=O)(=O)N1CCC(Nc2ccc(Br)cn2)CC1. The highest BCUT2D eigenvalue weighted by molar-refractivity contribution is 9.10. The van der Waals surface area contributed by atoms with Gasteiger partial charge in [0.05, 0.1) is 5.75 Å². The van der Waals surface area contributed by atoms with Gasteiger partial charge in [-0.2, -0.15) is 0 Å². The number of aromatic nitrogens is 1. The minimum Gasteiger partial charge on any atom is -0.367 e. The lowest BCUT2D eigenvalue weighted by atomic mass is 10.1. The Bertz CT molecular complexity index is 510. The number of piperidine rings is 1. The highest BCUT2D eigenvalue weighted by Crippen LogP contribution is 2.18. The zero-order valence-corrected chi connectivity index (χ0v) is 13.2.